The molecular weight excluding hydrogens is 279 g/mol. The van der Waals surface area contributed by atoms with Crippen molar-refractivity contribution in [2.24, 2.45) is 5.92 Å². The molecule has 0 aliphatic heterocycles. The summed E-state index contributed by atoms with van der Waals surface area (Å²) >= 11 is 5.85. The van der Waals surface area contributed by atoms with Crippen molar-refractivity contribution in [3.63, 3.8) is 0 Å². The number of alkyl halides is 1. The normalized spacial score (nSPS) is 14.9. The van der Waals surface area contributed by atoms with Crippen LogP contribution in [0.2, 0.25) is 0 Å². The number of rotatable bonds is 6. The summed E-state index contributed by atoms with van der Waals surface area (Å²) in [5.74, 6) is 2.19. The lowest BCUT2D eigenvalue weighted by molar-refractivity contribution is 0.387. The molecule has 108 valence electrons. The fourth-order valence-corrected chi connectivity index (χ4v) is 2.74. The van der Waals surface area contributed by atoms with Gasteiger partial charge in [-0.2, -0.15) is 0 Å². The van der Waals surface area contributed by atoms with E-state index < -0.39 is 0 Å². The van der Waals surface area contributed by atoms with Crippen LogP contribution in [0.25, 0.3) is 11.0 Å². The van der Waals surface area contributed by atoms with Crippen LogP contribution in [0.15, 0.2) is 12.1 Å². The molecule has 3 nitrogen and oxygen atoms in total. The van der Waals surface area contributed by atoms with Crippen LogP contribution in [0.5, 0.6) is 5.75 Å². The maximum Gasteiger partial charge on any atom is 0.167 e. The summed E-state index contributed by atoms with van der Waals surface area (Å²) in [6.07, 6.45) is 4.51. The molecule has 1 saturated carbocycles. The Hall–Kier alpha value is -1.29. The van der Waals surface area contributed by atoms with E-state index in [4.69, 9.17) is 16.3 Å². The number of halogens is 2. The Labute approximate surface area is 122 Å². The first-order valence-electron chi connectivity index (χ1n) is 7.01. The molecule has 0 unspecified atom stereocenters. The Balaban J connectivity index is 2.02. The van der Waals surface area contributed by atoms with Gasteiger partial charge in [0.05, 0.1) is 18.1 Å². The molecule has 1 aliphatic carbocycles. The highest BCUT2D eigenvalue weighted by atomic mass is 35.5. The molecule has 1 aromatic heterocycles. The van der Waals surface area contributed by atoms with Crippen molar-refractivity contribution >= 4 is 22.6 Å². The number of fused-ring (bicyclic) bond motifs is 1. The summed E-state index contributed by atoms with van der Waals surface area (Å²) in [7, 11) is 1.48. The van der Waals surface area contributed by atoms with Gasteiger partial charge in [-0.25, -0.2) is 9.37 Å². The zero-order chi connectivity index (χ0) is 14.1. The van der Waals surface area contributed by atoms with Crippen molar-refractivity contribution in [1.29, 1.82) is 0 Å². The summed E-state index contributed by atoms with van der Waals surface area (Å²) in [4.78, 5) is 4.52. The minimum Gasteiger partial charge on any atom is -0.494 e. The van der Waals surface area contributed by atoms with Crippen LogP contribution in [0.4, 0.5) is 4.39 Å². The quantitative estimate of drug-likeness (QED) is 0.759. The number of aromatic nitrogens is 2. The summed E-state index contributed by atoms with van der Waals surface area (Å²) in [5.41, 5.74) is 1.61. The Morgan fingerprint density at radius 1 is 1.45 bits per heavy atom. The van der Waals surface area contributed by atoms with Gasteiger partial charge in [0.2, 0.25) is 0 Å². The highest BCUT2D eigenvalue weighted by molar-refractivity contribution is 6.17. The Morgan fingerprint density at radius 3 is 2.90 bits per heavy atom. The second-order valence-corrected chi connectivity index (χ2v) is 5.70. The molecule has 0 N–H and O–H groups in total. The van der Waals surface area contributed by atoms with E-state index in [2.05, 4.69) is 9.55 Å². The van der Waals surface area contributed by atoms with E-state index in [9.17, 15) is 4.39 Å². The number of hydrogen-bond acceptors (Lipinski definition) is 2. The van der Waals surface area contributed by atoms with Crippen molar-refractivity contribution in [2.45, 2.75) is 32.2 Å². The van der Waals surface area contributed by atoms with Crippen molar-refractivity contribution in [1.82, 2.24) is 9.55 Å². The Kier molecular flexibility index (Phi) is 3.83. The van der Waals surface area contributed by atoms with Gasteiger partial charge in [0.15, 0.2) is 11.6 Å². The van der Waals surface area contributed by atoms with Crippen LogP contribution in [-0.2, 0) is 13.0 Å². The smallest absolute Gasteiger partial charge is 0.167 e. The molecular formula is C15H18ClFN2O. The van der Waals surface area contributed by atoms with Gasteiger partial charge in [-0.3, -0.25) is 0 Å². The maximum absolute atomic E-state index is 13.8. The lowest BCUT2D eigenvalue weighted by Crippen LogP contribution is -2.05. The summed E-state index contributed by atoms with van der Waals surface area (Å²) in [5, 5.41) is 0. The van der Waals surface area contributed by atoms with E-state index in [1.54, 1.807) is 6.07 Å². The Bertz CT molecular complexity index is 622. The van der Waals surface area contributed by atoms with Crippen LogP contribution in [-0.4, -0.2) is 22.5 Å². The second kappa shape index (κ2) is 5.60. The van der Waals surface area contributed by atoms with Gasteiger partial charge in [0.25, 0.3) is 0 Å². The van der Waals surface area contributed by atoms with Gasteiger partial charge in [0, 0.05) is 31.0 Å². The first kappa shape index (κ1) is 13.7. The number of aryl methyl sites for hydroxylation is 2. The minimum atomic E-state index is -0.371. The third-order valence-corrected chi connectivity index (χ3v) is 4.07. The van der Waals surface area contributed by atoms with Crippen molar-refractivity contribution in [3.05, 3.63) is 23.8 Å². The van der Waals surface area contributed by atoms with Crippen molar-refractivity contribution in [2.75, 3.05) is 13.0 Å². The third-order valence-electron chi connectivity index (χ3n) is 3.88. The molecule has 3 rings (SSSR count). The molecule has 1 aromatic carbocycles. The summed E-state index contributed by atoms with van der Waals surface area (Å²) < 4.78 is 21.0. The summed E-state index contributed by atoms with van der Waals surface area (Å²) in [6.45, 7) is 0.919. The van der Waals surface area contributed by atoms with E-state index >= 15 is 0 Å². The number of imidazole rings is 1. The zero-order valence-corrected chi connectivity index (χ0v) is 12.3. The molecule has 0 radical (unpaired) electrons. The first-order chi connectivity index (χ1) is 9.72. The van der Waals surface area contributed by atoms with E-state index in [1.165, 1.54) is 26.0 Å². The molecule has 0 spiro atoms. The average molecular weight is 297 g/mol. The van der Waals surface area contributed by atoms with E-state index in [1.807, 2.05) is 0 Å². The highest BCUT2D eigenvalue weighted by Crippen LogP contribution is 2.34. The molecule has 1 fully saturated rings. The molecule has 0 atom stereocenters. The van der Waals surface area contributed by atoms with E-state index in [0.717, 1.165) is 30.2 Å². The van der Waals surface area contributed by atoms with Gasteiger partial charge >= 0.3 is 0 Å². The van der Waals surface area contributed by atoms with Gasteiger partial charge in [-0.1, -0.05) is 12.8 Å². The van der Waals surface area contributed by atoms with E-state index in [-0.39, 0.29) is 11.6 Å². The number of methoxy groups -OCH3 is 1. The SMILES string of the molecule is COc1cc2c(cc1F)nc(CCCl)n2CCC1CC1. The summed E-state index contributed by atoms with van der Waals surface area (Å²) in [6, 6.07) is 3.18. The molecule has 1 aliphatic rings. The fraction of sp³-hybridized carbons (Fsp3) is 0.533. The molecule has 2 aromatic rings. The van der Waals surface area contributed by atoms with Crippen LogP contribution >= 0.6 is 11.6 Å². The fourth-order valence-electron chi connectivity index (χ4n) is 2.58. The Morgan fingerprint density at radius 2 is 2.25 bits per heavy atom. The van der Waals surface area contributed by atoms with Crippen molar-refractivity contribution in [3.8, 4) is 5.75 Å². The molecule has 0 bridgehead atoms. The van der Waals surface area contributed by atoms with Gasteiger partial charge in [-0.05, 0) is 12.3 Å². The van der Waals surface area contributed by atoms with Gasteiger partial charge < -0.3 is 9.30 Å². The monoisotopic (exact) mass is 296 g/mol. The molecule has 0 amide bonds. The predicted octanol–water partition coefficient (Wildman–Crippen LogP) is 3.77. The van der Waals surface area contributed by atoms with Crippen LogP contribution in [0.3, 0.4) is 0 Å². The largest absolute Gasteiger partial charge is 0.494 e. The maximum atomic E-state index is 13.8. The molecule has 20 heavy (non-hydrogen) atoms. The lowest BCUT2D eigenvalue weighted by Gasteiger charge is -2.09. The number of nitrogens with zero attached hydrogens (tertiary/aromatic N) is 2. The number of hydrogen-bond donors (Lipinski definition) is 0. The number of benzene rings is 1. The van der Waals surface area contributed by atoms with E-state index in [0.29, 0.717) is 17.8 Å². The average Bonchev–Trinajstić information content (AvgIpc) is 3.20. The number of ether oxygens (including phenoxy) is 1. The van der Waals surface area contributed by atoms with Gasteiger partial charge in [-0.15, -0.1) is 11.6 Å². The van der Waals surface area contributed by atoms with Crippen molar-refractivity contribution < 1.29 is 9.13 Å². The molecule has 5 heteroatoms. The van der Waals surface area contributed by atoms with Crippen LogP contribution in [0, 0.1) is 11.7 Å². The second-order valence-electron chi connectivity index (χ2n) is 5.33. The molecule has 1 heterocycles. The topological polar surface area (TPSA) is 27.1 Å². The molecule has 0 saturated heterocycles. The van der Waals surface area contributed by atoms with Crippen LogP contribution < -0.4 is 4.74 Å². The minimum absolute atomic E-state index is 0.266. The van der Waals surface area contributed by atoms with Crippen LogP contribution in [0.1, 0.15) is 25.1 Å². The lowest BCUT2D eigenvalue weighted by atomic mass is 10.2. The third kappa shape index (κ3) is 2.62. The zero-order valence-electron chi connectivity index (χ0n) is 11.5. The predicted molar refractivity (Wildman–Crippen MR) is 78.0 cm³/mol. The highest BCUT2D eigenvalue weighted by Gasteiger charge is 2.22. The standard InChI is InChI=1S/C15H18ClFN2O/c1-20-14-9-13-12(8-11(14)17)18-15(4-6-16)19(13)7-5-10-2-3-10/h8-10H,2-7H2,1H3. The first-order valence-corrected chi connectivity index (χ1v) is 7.55. The van der Waals surface area contributed by atoms with Gasteiger partial charge in [0.1, 0.15) is 5.82 Å².